The van der Waals surface area contributed by atoms with Crippen LogP contribution in [-0.2, 0) is 10.0 Å². The number of nitrogens with one attached hydrogen (secondary N) is 1. The standard InChI is InChI=1S/C16H24N2O3S/c1-12-7-4-5-10-15(12)18(2)16(19)13-8-6-9-14(11-13)17-22(3,20)21/h6,8-9,11-12,15,17H,4-5,7,10H2,1-3H3. The van der Waals surface area contributed by atoms with Gasteiger partial charge in [-0.15, -0.1) is 0 Å². The molecule has 0 spiro atoms. The van der Waals surface area contributed by atoms with Crippen molar-refractivity contribution >= 4 is 21.6 Å². The Labute approximate surface area is 132 Å². The molecule has 2 rings (SSSR count). The lowest BCUT2D eigenvalue weighted by atomic mass is 9.85. The minimum atomic E-state index is -3.34. The summed E-state index contributed by atoms with van der Waals surface area (Å²) in [5.41, 5.74) is 0.923. The van der Waals surface area contributed by atoms with Gasteiger partial charge in [0.2, 0.25) is 10.0 Å². The van der Waals surface area contributed by atoms with Crippen LogP contribution in [0.4, 0.5) is 5.69 Å². The number of carbonyl (C=O) groups excluding carboxylic acids is 1. The van der Waals surface area contributed by atoms with Crippen LogP contribution in [0, 0.1) is 5.92 Å². The third-order valence-corrected chi connectivity index (χ3v) is 4.90. The lowest BCUT2D eigenvalue weighted by Gasteiger charge is -2.36. The van der Waals surface area contributed by atoms with Crippen molar-refractivity contribution in [2.75, 3.05) is 18.0 Å². The van der Waals surface area contributed by atoms with E-state index in [0.717, 1.165) is 25.5 Å². The van der Waals surface area contributed by atoms with Gasteiger partial charge in [0, 0.05) is 24.3 Å². The Morgan fingerprint density at radius 1 is 1.27 bits per heavy atom. The first-order valence-corrected chi connectivity index (χ1v) is 9.52. The van der Waals surface area contributed by atoms with Crippen LogP contribution in [0.3, 0.4) is 0 Å². The van der Waals surface area contributed by atoms with E-state index in [4.69, 9.17) is 0 Å². The first-order chi connectivity index (χ1) is 10.3. The van der Waals surface area contributed by atoms with Gasteiger partial charge in [0.1, 0.15) is 0 Å². The summed E-state index contributed by atoms with van der Waals surface area (Å²) in [7, 11) is -1.51. The van der Waals surface area contributed by atoms with Gasteiger partial charge in [-0.25, -0.2) is 8.42 Å². The smallest absolute Gasteiger partial charge is 0.253 e. The predicted molar refractivity (Wildman–Crippen MR) is 88.4 cm³/mol. The third-order valence-electron chi connectivity index (χ3n) is 4.30. The summed E-state index contributed by atoms with van der Waals surface area (Å²) in [6, 6.07) is 6.90. The number of carbonyl (C=O) groups is 1. The highest BCUT2D eigenvalue weighted by Crippen LogP contribution is 2.28. The molecule has 1 aliphatic rings. The number of sulfonamides is 1. The Morgan fingerprint density at radius 2 is 1.95 bits per heavy atom. The number of nitrogens with zero attached hydrogens (tertiary/aromatic N) is 1. The molecule has 1 N–H and O–H groups in total. The van der Waals surface area contributed by atoms with Gasteiger partial charge in [0.25, 0.3) is 5.91 Å². The number of hydrogen-bond donors (Lipinski definition) is 1. The molecule has 1 aromatic rings. The van der Waals surface area contributed by atoms with Crippen LogP contribution in [0.5, 0.6) is 0 Å². The zero-order chi connectivity index (χ0) is 16.3. The van der Waals surface area contributed by atoms with E-state index in [2.05, 4.69) is 11.6 Å². The van der Waals surface area contributed by atoms with E-state index in [9.17, 15) is 13.2 Å². The molecule has 0 radical (unpaired) electrons. The van der Waals surface area contributed by atoms with Gasteiger partial charge in [0.15, 0.2) is 0 Å². The predicted octanol–water partition coefficient (Wildman–Crippen LogP) is 2.71. The van der Waals surface area contributed by atoms with Crippen molar-refractivity contribution in [1.82, 2.24) is 4.90 Å². The van der Waals surface area contributed by atoms with Gasteiger partial charge in [-0.05, 0) is 37.0 Å². The lowest BCUT2D eigenvalue weighted by molar-refractivity contribution is 0.0629. The van der Waals surface area contributed by atoms with Crippen molar-refractivity contribution < 1.29 is 13.2 Å². The van der Waals surface area contributed by atoms with Gasteiger partial charge in [-0.2, -0.15) is 0 Å². The number of rotatable bonds is 4. The van der Waals surface area contributed by atoms with E-state index in [0.29, 0.717) is 17.2 Å². The fourth-order valence-corrected chi connectivity index (χ4v) is 3.71. The Balaban J connectivity index is 2.16. The molecule has 0 aromatic heterocycles. The van der Waals surface area contributed by atoms with Crippen molar-refractivity contribution in [2.24, 2.45) is 5.92 Å². The van der Waals surface area contributed by atoms with Crippen LogP contribution in [-0.4, -0.2) is 38.6 Å². The maximum absolute atomic E-state index is 12.7. The second-order valence-corrected chi connectivity index (χ2v) is 7.95. The molecule has 1 aliphatic carbocycles. The summed E-state index contributed by atoms with van der Waals surface area (Å²) in [6.07, 6.45) is 5.66. The second-order valence-electron chi connectivity index (χ2n) is 6.20. The highest BCUT2D eigenvalue weighted by molar-refractivity contribution is 7.92. The highest BCUT2D eigenvalue weighted by Gasteiger charge is 2.28. The largest absolute Gasteiger partial charge is 0.338 e. The summed E-state index contributed by atoms with van der Waals surface area (Å²) in [5.74, 6) is 0.441. The zero-order valence-electron chi connectivity index (χ0n) is 13.4. The zero-order valence-corrected chi connectivity index (χ0v) is 14.2. The van der Waals surface area contributed by atoms with Crippen LogP contribution in [0.1, 0.15) is 43.0 Å². The second kappa shape index (κ2) is 6.69. The van der Waals surface area contributed by atoms with E-state index >= 15 is 0 Å². The Morgan fingerprint density at radius 3 is 2.59 bits per heavy atom. The average Bonchev–Trinajstić information content (AvgIpc) is 2.45. The minimum Gasteiger partial charge on any atom is -0.338 e. The van der Waals surface area contributed by atoms with E-state index in [-0.39, 0.29) is 11.9 Å². The first kappa shape index (κ1) is 16.8. The number of anilines is 1. The highest BCUT2D eigenvalue weighted by atomic mass is 32.2. The van der Waals surface area contributed by atoms with Crippen LogP contribution in [0.15, 0.2) is 24.3 Å². The van der Waals surface area contributed by atoms with Gasteiger partial charge in [0.05, 0.1) is 6.26 Å². The molecule has 1 amide bonds. The Bertz CT molecular complexity index is 643. The molecule has 122 valence electrons. The van der Waals surface area contributed by atoms with Crippen molar-refractivity contribution in [2.45, 2.75) is 38.6 Å². The Kier molecular flexibility index (Phi) is 5.11. The van der Waals surface area contributed by atoms with Gasteiger partial charge < -0.3 is 4.90 Å². The Hall–Kier alpha value is -1.56. The number of amides is 1. The fourth-order valence-electron chi connectivity index (χ4n) is 3.16. The normalized spacial score (nSPS) is 22.1. The van der Waals surface area contributed by atoms with Crippen molar-refractivity contribution in [1.29, 1.82) is 0 Å². The molecule has 0 heterocycles. The van der Waals surface area contributed by atoms with Gasteiger partial charge >= 0.3 is 0 Å². The summed E-state index contributed by atoms with van der Waals surface area (Å²) in [5, 5.41) is 0. The van der Waals surface area contributed by atoms with Crippen molar-refractivity contribution in [3.8, 4) is 0 Å². The van der Waals surface area contributed by atoms with Gasteiger partial charge in [-0.3, -0.25) is 9.52 Å². The fraction of sp³-hybridized carbons (Fsp3) is 0.562. The molecule has 1 saturated carbocycles. The summed E-state index contributed by atoms with van der Waals surface area (Å²) < 4.78 is 25.0. The molecule has 2 atom stereocenters. The first-order valence-electron chi connectivity index (χ1n) is 7.63. The van der Waals surface area contributed by atoms with E-state index in [1.54, 1.807) is 24.3 Å². The molecular formula is C16H24N2O3S. The van der Waals surface area contributed by atoms with Crippen molar-refractivity contribution in [3.63, 3.8) is 0 Å². The third kappa shape index (κ3) is 4.22. The molecule has 6 heteroatoms. The quantitative estimate of drug-likeness (QED) is 0.926. The average molecular weight is 324 g/mol. The molecule has 1 aromatic carbocycles. The summed E-state index contributed by atoms with van der Waals surface area (Å²) >= 11 is 0. The van der Waals surface area contributed by atoms with Crippen LogP contribution >= 0.6 is 0 Å². The molecular weight excluding hydrogens is 300 g/mol. The summed E-state index contributed by atoms with van der Waals surface area (Å²) in [6.45, 7) is 2.19. The molecule has 1 fully saturated rings. The molecule has 0 aliphatic heterocycles. The van der Waals surface area contributed by atoms with Crippen molar-refractivity contribution in [3.05, 3.63) is 29.8 Å². The van der Waals surface area contributed by atoms with Crippen LogP contribution < -0.4 is 4.72 Å². The van der Waals surface area contributed by atoms with Gasteiger partial charge in [-0.1, -0.05) is 25.8 Å². The number of benzene rings is 1. The molecule has 5 nitrogen and oxygen atoms in total. The minimum absolute atomic E-state index is 0.0594. The maximum atomic E-state index is 12.7. The van der Waals surface area contributed by atoms with E-state index in [1.807, 2.05) is 11.9 Å². The summed E-state index contributed by atoms with van der Waals surface area (Å²) in [4.78, 5) is 14.5. The molecule has 0 bridgehead atoms. The molecule has 2 unspecified atom stereocenters. The molecule has 22 heavy (non-hydrogen) atoms. The van der Waals surface area contributed by atoms with Crippen LogP contribution in [0.25, 0.3) is 0 Å². The van der Waals surface area contributed by atoms with E-state index < -0.39 is 10.0 Å². The maximum Gasteiger partial charge on any atom is 0.253 e. The van der Waals surface area contributed by atoms with E-state index in [1.165, 1.54) is 6.42 Å². The molecule has 0 saturated heterocycles. The van der Waals surface area contributed by atoms with Crippen LogP contribution in [0.2, 0.25) is 0 Å². The monoisotopic (exact) mass is 324 g/mol. The number of hydrogen-bond acceptors (Lipinski definition) is 3. The lowest BCUT2D eigenvalue weighted by Crippen LogP contribution is -2.42. The topological polar surface area (TPSA) is 66.5 Å². The SMILES string of the molecule is CC1CCCCC1N(C)C(=O)c1cccc(NS(C)(=O)=O)c1.